The molecule has 3 heterocycles. The number of aromatic nitrogens is 2. The molecule has 0 unspecified atom stereocenters. The average molecular weight is 271 g/mol. The van der Waals surface area contributed by atoms with Crippen molar-refractivity contribution in [3.63, 3.8) is 0 Å². The molecule has 0 amide bonds. The molecule has 0 saturated carbocycles. The van der Waals surface area contributed by atoms with Crippen LogP contribution >= 0.6 is 0 Å². The first-order chi connectivity index (χ1) is 7.93. The number of nitrogens with one attached hydrogen (secondary N) is 1. The molecule has 0 aliphatic rings. The van der Waals surface area contributed by atoms with Gasteiger partial charge in [0.1, 0.15) is 0 Å². The maximum atomic E-state index is 4.16. The summed E-state index contributed by atoms with van der Waals surface area (Å²) in [6.07, 6.45) is 3.75. The first kappa shape index (κ1) is 8.57. The van der Waals surface area contributed by atoms with Gasteiger partial charge in [-0.1, -0.05) is 0 Å². The Morgan fingerprint density at radius 3 is 3.06 bits per heavy atom. The van der Waals surface area contributed by atoms with Gasteiger partial charge in [-0.3, -0.25) is 0 Å². The standard InChI is InChI=1S/C13H8N2Se/c1-2-10-9-3-5-14-7-11(9)15-12(10)13-8(1)4-6-16-13/h1-7,15H. The quantitative estimate of drug-likeness (QED) is 0.489. The minimum atomic E-state index is 0.475. The number of nitrogens with zero attached hydrogens (tertiary/aromatic N) is 1. The number of benzene rings is 1. The molecule has 0 aliphatic heterocycles. The fourth-order valence-electron chi connectivity index (χ4n) is 2.24. The molecular formula is C13H8N2Se. The Morgan fingerprint density at radius 1 is 1.06 bits per heavy atom. The Hall–Kier alpha value is -1.57. The van der Waals surface area contributed by atoms with Crippen LogP contribution in [-0.4, -0.2) is 24.5 Å². The Bertz CT molecular complexity index is 810. The summed E-state index contributed by atoms with van der Waals surface area (Å²) in [5.74, 6) is 0. The summed E-state index contributed by atoms with van der Waals surface area (Å²) in [4.78, 5) is 9.93. The first-order valence-electron chi connectivity index (χ1n) is 5.15. The van der Waals surface area contributed by atoms with Crippen molar-refractivity contribution in [2.24, 2.45) is 0 Å². The van der Waals surface area contributed by atoms with E-state index in [0.717, 1.165) is 5.52 Å². The fraction of sp³-hybridized carbons (Fsp3) is 0. The van der Waals surface area contributed by atoms with Gasteiger partial charge in [-0.25, -0.2) is 0 Å². The van der Waals surface area contributed by atoms with Crippen molar-refractivity contribution in [3.8, 4) is 0 Å². The van der Waals surface area contributed by atoms with Crippen LogP contribution in [0.4, 0.5) is 0 Å². The van der Waals surface area contributed by atoms with E-state index in [9.17, 15) is 0 Å². The molecule has 0 aliphatic carbocycles. The van der Waals surface area contributed by atoms with Crippen LogP contribution in [0.2, 0.25) is 0 Å². The van der Waals surface area contributed by atoms with Crippen LogP contribution in [0.1, 0.15) is 0 Å². The van der Waals surface area contributed by atoms with Crippen LogP contribution in [0, 0.1) is 0 Å². The van der Waals surface area contributed by atoms with E-state index < -0.39 is 0 Å². The third-order valence-corrected chi connectivity index (χ3v) is 4.98. The van der Waals surface area contributed by atoms with E-state index in [4.69, 9.17) is 0 Å². The van der Waals surface area contributed by atoms with Crippen molar-refractivity contribution in [1.82, 2.24) is 9.97 Å². The van der Waals surface area contributed by atoms with E-state index in [2.05, 4.69) is 39.2 Å². The predicted octanol–water partition coefficient (Wildman–Crippen LogP) is 2.93. The molecule has 1 N–H and O–H groups in total. The van der Waals surface area contributed by atoms with E-state index in [-0.39, 0.29) is 0 Å². The van der Waals surface area contributed by atoms with Crippen LogP contribution in [0.15, 0.2) is 41.6 Å². The molecule has 76 valence electrons. The normalized spacial score (nSPS) is 11.8. The van der Waals surface area contributed by atoms with E-state index in [1.165, 1.54) is 25.9 Å². The topological polar surface area (TPSA) is 28.7 Å². The molecule has 0 fully saturated rings. The van der Waals surface area contributed by atoms with Gasteiger partial charge >= 0.3 is 97.5 Å². The monoisotopic (exact) mass is 272 g/mol. The summed E-state index contributed by atoms with van der Waals surface area (Å²) in [5.41, 5.74) is 2.43. The number of rotatable bonds is 0. The van der Waals surface area contributed by atoms with E-state index in [1.807, 2.05) is 12.4 Å². The molecule has 3 heteroatoms. The molecule has 0 atom stereocenters. The van der Waals surface area contributed by atoms with Gasteiger partial charge in [0.25, 0.3) is 0 Å². The van der Waals surface area contributed by atoms with E-state index >= 15 is 0 Å². The first-order valence-corrected chi connectivity index (χ1v) is 7.00. The third-order valence-electron chi connectivity index (χ3n) is 2.99. The van der Waals surface area contributed by atoms with Gasteiger partial charge in [0, 0.05) is 0 Å². The van der Waals surface area contributed by atoms with Gasteiger partial charge in [-0.2, -0.15) is 0 Å². The molecule has 0 bridgehead atoms. The van der Waals surface area contributed by atoms with Gasteiger partial charge in [0.15, 0.2) is 0 Å². The number of fused-ring (bicyclic) bond motifs is 5. The number of hydrogen-bond acceptors (Lipinski definition) is 1. The Kier molecular flexibility index (Phi) is 1.59. The summed E-state index contributed by atoms with van der Waals surface area (Å²) < 4.78 is 1.47. The molecule has 4 aromatic rings. The molecule has 4 rings (SSSR count). The van der Waals surface area contributed by atoms with Gasteiger partial charge < -0.3 is 0 Å². The third kappa shape index (κ3) is 0.993. The van der Waals surface area contributed by atoms with Crippen LogP contribution in [-0.2, 0) is 0 Å². The van der Waals surface area contributed by atoms with Crippen LogP contribution in [0.5, 0.6) is 0 Å². The summed E-state index contributed by atoms with van der Waals surface area (Å²) in [7, 11) is 0. The van der Waals surface area contributed by atoms with E-state index in [0.29, 0.717) is 14.5 Å². The number of pyridine rings is 1. The second-order valence-electron chi connectivity index (χ2n) is 3.87. The second-order valence-corrected chi connectivity index (χ2v) is 5.80. The summed E-state index contributed by atoms with van der Waals surface area (Å²) in [5, 5.41) is 3.96. The molecule has 0 spiro atoms. The molecule has 16 heavy (non-hydrogen) atoms. The predicted molar refractivity (Wildman–Crippen MR) is 68.0 cm³/mol. The van der Waals surface area contributed by atoms with Crippen molar-refractivity contribution in [3.05, 3.63) is 41.6 Å². The number of aromatic amines is 1. The number of hydrogen-bond donors (Lipinski definition) is 1. The molecule has 0 radical (unpaired) electrons. The van der Waals surface area contributed by atoms with Crippen molar-refractivity contribution < 1.29 is 0 Å². The molecule has 3 aromatic heterocycles. The van der Waals surface area contributed by atoms with Gasteiger partial charge in [0.05, 0.1) is 0 Å². The number of H-pyrrole nitrogens is 1. The summed E-state index contributed by atoms with van der Waals surface area (Å²) in [6.45, 7) is 0. The minimum absolute atomic E-state index is 0.475. The van der Waals surface area contributed by atoms with Crippen LogP contribution < -0.4 is 0 Å². The zero-order valence-electron chi connectivity index (χ0n) is 8.40. The molecule has 0 saturated heterocycles. The van der Waals surface area contributed by atoms with Gasteiger partial charge in [-0.05, 0) is 0 Å². The van der Waals surface area contributed by atoms with Crippen molar-refractivity contribution in [1.29, 1.82) is 0 Å². The Labute approximate surface area is 97.7 Å². The van der Waals surface area contributed by atoms with Crippen LogP contribution in [0.3, 0.4) is 0 Å². The zero-order chi connectivity index (χ0) is 10.5. The Morgan fingerprint density at radius 2 is 2.06 bits per heavy atom. The maximum absolute atomic E-state index is 4.16. The Balaban J connectivity index is 2.38. The summed E-state index contributed by atoms with van der Waals surface area (Å²) >= 11 is 0.475. The summed E-state index contributed by atoms with van der Waals surface area (Å²) in [6, 6.07) is 8.73. The second kappa shape index (κ2) is 2.97. The fourth-order valence-corrected chi connectivity index (χ4v) is 4.14. The molecule has 1 aromatic carbocycles. The molecule has 2 nitrogen and oxygen atoms in total. The van der Waals surface area contributed by atoms with Crippen molar-refractivity contribution in [2.75, 3.05) is 0 Å². The van der Waals surface area contributed by atoms with Gasteiger partial charge in [-0.15, -0.1) is 0 Å². The van der Waals surface area contributed by atoms with Crippen molar-refractivity contribution >= 4 is 46.0 Å². The average Bonchev–Trinajstić information content (AvgIpc) is 2.92. The van der Waals surface area contributed by atoms with E-state index in [1.54, 1.807) is 0 Å². The van der Waals surface area contributed by atoms with Gasteiger partial charge in [0.2, 0.25) is 0 Å². The van der Waals surface area contributed by atoms with Crippen LogP contribution in [0.25, 0.3) is 31.5 Å². The molecular weight excluding hydrogens is 263 g/mol. The SMILES string of the molecule is c1cc2c(cn1)[nH]c1c2ccc2cc[se]c21. The van der Waals surface area contributed by atoms with Crippen molar-refractivity contribution in [2.45, 2.75) is 0 Å². The zero-order valence-corrected chi connectivity index (χ0v) is 10.1.